The zero-order valence-electron chi connectivity index (χ0n) is 9.87. The molecule has 0 aliphatic heterocycles. The summed E-state index contributed by atoms with van der Waals surface area (Å²) >= 11 is 0. The van der Waals surface area contributed by atoms with Gasteiger partial charge in [0.2, 0.25) is 0 Å². The van der Waals surface area contributed by atoms with Crippen LogP contribution in [-0.2, 0) is 6.54 Å². The summed E-state index contributed by atoms with van der Waals surface area (Å²) in [7, 11) is 0. The van der Waals surface area contributed by atoms with Crippen LogP contribution in [0.15, 0.2) is 24.3 Å². The molecule has 0 fully saturated rings. The van der Waals surface area contributed by atoms with Crippen LogP contribution < -0.4 is 5.73 Å². The van der Waals surface area contributed by atoms with Crippen LogP contribution in [0.25, 0.3) is 0 Å². The molecule has 0 atom stereocenters. The topological polar surface area (TPSA) is 29.3 Å². The largest absolute Gasteiger partial charge is 0.399 e. The average molecular weight is 206 g/mol. The first kappa shape index (κ1) is 12.1. The molecule has 0 spiro atoms. The molecule has 2 nitrogen and oxygen atoms in total. The minimum absolute atomic E-state index is 0.862. The van der Waals surface area contributed by atoms with Gasteiger partial charge in [-0.05, 0) is 43.6 Å². The van der Waals surface area contributed by atoms with Crippen molar-refractivity contribution in [3.63, 3.8) is 0 Å². The van der Waals surface area contributed by atoms with Gasteiger partial charge in [-0.15, -0.1) is 0 Å². The van der Waals surface area contributed by atoms with E-state index in [-0.39, 0.29) is 0 Å². The predicted molar refractivity (Wildman–Crippen MR) is 66.7 cm³/mol. The number of nitrogens with two attached hydrogens (primary N) is 1. The maximum absolute atomic E-state index is 5.76. The van der Waals surface area contributed by atoms with Crippen LogP contribution in [0.2, 0.25) is 0 Å². The monoisotopic (exact) mass is 206 g/mol. The summed E-state index contributed by atoms with van der Waals surface area (Å²) in [5, 5.41) is 0. The minimum atomic E-state index is 0.862. The quantitative estimate of drug-likeness (QED) is 0.725. The van der Waals surface area contributed by atoms with Gasteiger partial charge in [0, 0.05) is 12.2 Å². The predicted octanol–water partition coefficient (Wildman–Crippen LogP) is 2.89. The number of hydrogen-bond donors (Lipinski definition) is 1. The van der Waals surface area contributed by atoms with Crippen molar-refractivity contribution in [2.45, 2.75) is 33.2 Å². The zero-order valence-corrected chi connectivity index (χ0v) is 9.87. The van der Waals surface area contributed by atoms with E-state index >= 15 is 0 Å². The molecule has 0 saturated carbocycles. The third kappa shape index (κ3) is 4.34. The molecule has 2 N–H and O–H groups in total. The van der Waals surface area contributed by atoms with Crippen molar-refractivity contribution in [3.8, 4) is 0 Å². The minimum Gasteiger partial charge on any atom is -0.399 e. The van der Waals surface area contributed by atoms with E-state index in [1.807, 2.05) is 12.1 Å². The van der Waals surface area contributed by atoms with Crippen LogP contribution >= 0.6 is 0 Å². The van der Waals surface area contributed by atoms with Crippen LogP contribution in [0.3, 0.4) is 0 Å². The molecule has 0 unspecified atom stereocenters. The van der Waals surface area contributed by atoms with Gasteiger partial charge in [-0.1, -0.05) is 26.0 Å². The van der Waals surface area contributed by atoms with E-state index in [1.165, 1.54) is 31.5 Å². The first-order valence-corrected chi connectivity index (χ1v) is 5.83. The molecule has 1 aromatic rings. The highest BCUT2D eigenvalue weighted by atomic mass is 15.1. The van der Waals surface area contributed by atoms with Gasteiger partial charge >= 0.3 is 0 Å². The SMILES string of the molecule is CCCN(CCC)Cc1cccc(N)c1. The highest BCUT2D eigenvalue weighted by molar-refractivity contribution is 5.40. The van der Waals surface area contributed by atoms with E-state index < -0.39 is 0 Å². The summed E-state index contributed by atoms with van der Waals surface area (Å²) < 4.78 is 0. The van der Waals surface area contributed by atoms with Crippen molar-refractivity contribution in [3.05, 3.63) is 29.8 Å². The van der Waals surface area contributed by atoms with Gasteiger partial charge in [-0.3, -0.25) is 4.90 Å². The smallest absolute Gasteiger partial charge is 0.0317 e. The summed E-state index contributed by atoms with van der Waals surface area (Å²) in [6, 6.07) is 8.18. The second-order valence-electron chi connectivity index (χ2n) is 4.02. The lowest BCUT2D eigenvalue weighted by Crippen LogP contribution is -2.24. The molecule has 0 saturated heterocycles. The molecular weight excluding hydrogens is 184 g/mol. The Labute approximate surface area is 93.1 Å². The van der Waals surface area contributed by atoms with Crippen LogP contribution in [-0.4, -0.2) is 18.0 Å². The van der Waals surface area contributed by atoms with E-state index in [2.05, 4.69) is 30.9 Å². The van der Waals surface area contributed by atoms with E-state index in [1.54, 1.807) is 0 Å². The standard InChI is InChI=1S/C13H22N2/c1-3-8-15(9-4-2)11-12-6-5-7-13(14)10-12/h5-7,10H,3-4,8-9,11,14H2,1-2H3. The molecule has 84 valence electrons. The van der Waals surface area contributed by atoms with Crippen molar-refractivity contribution in [2.24, 2.45) is 0 Å². The lowest BCUT2D eigenvalue weighted by atomic mass is 10.2. The molecule has 0 amide bonds. The van der Waals surface area contributed by atoms with Gasteiger partial charge < -0.3 is 5.73 Å². The zero-order chi connectivity index (χ0) is 11.1. The Morgan fingerprint density at radius 1 is 1.13 bits per heavy atom. The molecule has 15 heavy (non-hydrogen) atoms. The van der Waals surface area contributed by atoms with Gasteiger partial charge in [-0.25, -0.2) is 0 Å². The Bertz CT molecular complexity index is 278. The van der Waals surface area contributed by atoms with Gasteiger partial charge in [0.05, 0.1) is 0 Å². The van der Waals surface area contributed by atoms with Gasteiger partial charge in [0.25, 0.3) is 0 Å². The van der Waals surface area contributed by atoms with Crippen LogP contribution in [0.5, 0.6) is 0 Å². The Balaban J connectivity index is 2.56. The first-order valence-electron chi connectivity index (χ1n) is 5.83. The number of nitrogens with zero attached hydrogens (tertiary/aromatic N) is 1. The molecule has 0 aromatic heterocycles. The molecule has 1 aromatic carbocycles. The Morgan fingerprint density at radius 2 is 1.80 bits per heavy atom. The fourth-order valence-corrected chi connectivity index (χ4v) is 1.85. The van der Waals surface area contributed by atoms with Gasteiger partial charge in [-0.2, -0.15) is 0 Å². The van der Waals surface area contributed by atoms with Crippen molar-refractivity contribution in [2.75, 3.05) is 18.8 Å². The van der Waals surface area contributed by atoms with E-state index in [9.17, 15) is 0 Å². The number of rotatable bonds is 6. The fraction of sp³-hybridized carbons (Fsp3) is 0.538. The lowest BCUT2D eigenvalue weighted by Gasteiger charge is -2.21. The Hall–Kier alpha value is -1.02. The van der Waals surface area contributed by atoms with Crippen LogP contribution in [0.1, 0.15) is 32.3 Å². The third-order valence-corrected chi connectivity index (χ3v) is 2.44. The van der Waals surface area contributed by atoms with Crippen LogP contribution in [0.4, 0.5) is 5.69 Å². The van der Waals surface area contributed by atoms with Crippen molar-refractivity contribution in [1.29, 1.82) is 0 Å². The summed E-state index contributed by atoms with van der Waals surface area (Å²) in [4.78, 5) is 2.48. The van der Waals surface area contributed by atoms with Gasteiger partial charge in [0.1, 0.15) is 0 Å². The molecule has 0 aliphatic carbocycles. The van der Waals surface area contributed by atoms with E-state index in [4.69, 9.17) is 5.73 Å². The second-order valence-corrected chi connectivity index (χ2v) is 4.02. The molecular formula is C13H22N2. The molecule has 0 aliphatic rings. The van der Waals surface area contributed by atoms with Crippen LogP contribution in [0, 0.1) is 0 Å². The molecule has 1 rings (SSSR count). The third-order valence-electron chi connectivity index (χ3n) is 2.44. The van der Waals surface area contributed by atoms with Gasteiger partial charge in [0.15, 0.2) is 0 Å². The number of nitrogen functional groups attached to an aromatic ring is 1. The first-order chi connectivity index (χ1) is 7.26. The highest BCUT2D eigenvalue weighted by Gasteiger charge is 2.03. The normalized spacial score (nSPS) is 10.9. The van der Waals surface area contributed by atoms with Crippen molar-refractivity contribution < 1.29 is 0 Å². The number of hydrogen-bond acceptors (Lipinski definition) is 2. The molecule has 0 radical (unpaired) electrons. The van der Waals surface area contributed by atoms with E-state index in [0.717, 1.165) is 12.2 Å². The number of anilines is 1. The van der Waals surface area contributed by atoms with E-state index in [0.29, 0.717) is 0 Å². The molecule has 0 bridgehead atoms. The van der Waals surface area contributed by atoms with Crippen molar-refractivity contribution >= 4 is 5.69 Å². The van der Waals surface area contributed by atoms with Crippen molar-refractivity contribution in [1.82, 2.24) is 4.90 Å². The second kappa shape index (κ2) is 6.46. The highest BCUT2D eigenvalue weighted by Crippen LogP contribution is 2.10. The maximum atomic E-state index is 5.76. The Kier molecular flexibility index (Phi) is 5.19. The molecule has 2 heteroatoms. The average Bonchev–Trinajstić information content (AvgIpc) is 2.18. The number of benzene rings is 1. The Morgan fingerprint density at radius 3 is 2.33 bits per heavy atom. The lowest BCUT2D eigenvalue weighted by molar-refractivity contribution is 0.266. The fourth-order valence-electron chi connectivity index (χ4n) is 1.85. The summed E-state index contributed by atoms with van der Waals surface area (Å²) in [6.45, 7) is 7.81. The summed E-state index contributed by atoms with van der Waals surface area (Å²) in [6.07, 6.45) is 2.42. The summed E-state index contributed by atoms with van der Waals surface area (Å²) in [5.74, 6) is 0. The molecule has 0 heterocycles. The maximum Gasteiger partial charge on any atom is 0.0317 e. The summed E-state index contributed by atoms with van der Waals surface area (Å²) in [5.41, 5.74) is 7.94.